The highest BCUT2D eigenvalue weighted by atomic mass is 16.3. The van der Waals surface area contributed by atoms with E-state index >= 15 is 0 Å². The molecule has 8 aromatic carbocycles. The summed E-state index contributed by atoms with van der Waals surface area (Å²) in [6.45, 7) is 0. The number of para-hydroxylation sites is 2. The highest BCUT2D eigenvalue weighted by molar-refractivity contribution is 6.20. The van der Waals surface area contributed by atoms with Gasteiger partial charge in [0.15, 0.2) is 17.5 Å². The first-order valence-corrected chi connectivity index (χ1v) is 18.1. The maximum Gasteiger partial charge on any atom is 0.166 e. The lowest BCUT2D eigenvalue weighted by Gasteiger charge is -2.14. The van der Waals surface area contributed by atoms with Gasteiger partial charge in [0.1, 0.15) is 11.2 Å². The molecule has 0 spiro atoms. The van der Waals surface area contributed by atoms with Crippen LogP contribution in [-0.4, -0.2) is 19.5 Å². The van der Waals surface area contributed by atoms with Crippen LogP contribution < -0.4 is 0 Å². The van der Waals surface area contributed by atoms with Gasteiger partial charge < -0.3 is 8.98 Å². The van der Waals surface area contributed by atoms with Crippen LogP contribution in [0, 0.1) is 0 Å². The normalized spacial score (nSPS) is 11.7. The number of hydrogen-bond acceptors (Lipinski definition) is 4. The molecule has 11 aromatic rings. The first-order valence-electron chi connectivity index (χ1n) is 18.1. The van der Waals surface area contributed by atoms with Crippen molar-refractivity contribution in [1.29, 1.82) is 0 Å². The Labute approximate surface area is 310 Å². The van der Waals surface area contributed by atoms with E-state index in [1.165, 1.54) is 16.3 Å². The number of hydrogen-bond donors (Lipinski definition) is 0. The second-order valence-electron chi connectivity index (χ2n) is 13.6. The van der Waals surface area contributed by atoms with E-state index in [0.29, 0.717) is 17.5 Å². The van der Waals surface area contributed by atoms with E-state index < -0.39 is 0 Å². The molecule has 0 unspecified atom stereocenters. The number of nitrogens with zero attached hydrogens (tertiary/aromatic N) is 4. The van der Waals surface area contributed by atoms with E-state index in [9.17, 15) is 0 Å². The average Bonchev–Trinajstić information content (AvgIpc) is 3.80. The number of aromatic nitrogens is 4. The lowest BCUT2D eigenvalue weighted by atomic mass is 9.94. The molecule has 3 heterocycles. The van der Waals surface area contributed by atoms with Crippen molar-refractivity contribution in [3.05, 3.63) is 182 Å². The molecule has 0 N–H and O–H groups in total. The Morgan fingerprint density at radius 3 is 1.69 bits per heavy atom. The van der Waals surface area contributed by atoms with Crippen LogP contribution in [0.1, 0.15) is 0 Å². The maximum atomic E-state index is 6.69. The number of benzene rings is 8. The van der Waals surface area contributed by atoms with Gasteiger partial charge in [0, 0.05) is 32.8 Å². The van der Waals surface area contributed by atoms with Crippen molar-refractivity contribution in [2.45, 2.75) is 0 Å². The highest BCUT2D eigenvalue weighted by Crippen LogP contribution is 2.44. The van der Waals surface area contributed by atoms with Crippen LogP contribution >= 0.6 is 0 Å². The van der Waals surface area contributed by atoms with Gasteiger partial charge in [0.05, 0.1) is 22.1 Å². The Morgan fingerprint density at radius 2 is 0.907 bits per heavy atom. The highest BCUT2D eigenvalue weighted by Gasteiger charge is 2.23. The minimum atomic E-state index is 0.609. The third kappa shape index (κ3) is 4.69. The summed E-state index contributed by atoms with van der Waals surface area (Å²) in [5.41, 5.74) is 9.90. The van der Waals surface area contributed by atoms with Crippen LogP contribution in [0.25, 0.3) is 105 Å². The smallest absolute Gasteiger partial charge is 0.166 e. The van der Waals surface area contributed by atoms with E-state index in [1.54, 1.807) is 0 Å². The van der Waals surface area contributed by atoms with Crippen LogP contribution in [0.2, 0.25) is 0 Å². The summed E-state index contributed by atoms with van der Waals surface area (Å²) < 4.78 is 9.07. The fourth-order valence-electron chi connectivity index (χ4n) is 8.10. The van der Waals surface area contributed by atoms with Crippen LogP contribution in [0.15, 0.2) is 186 Å². The van der Waals surface area contributed by atoms with Crippen molar-refractivity contribution in [2.75, 3.05) is 0 Å². The molecule has 0 bridgehead atoms. The van der Waals surface area contributed by atoms with E-state index in [2.05, 4.69) is 126 Å². The molecule has 0 saturated carbocycles. The van der Waals surface area contributed by atoms with Gasteiger partial charge in [-0.2, -0.15) is 0 Å². The SMILES string of the molecule is c1ccc(-c2nc(-c3ccccc3)nc(-c3cccc4c5ccccc5n(-c5cccc6oc7cccc(-c8cccc9ccccc89)c7c56)c34)n2)cc1. The largest absolute Gasteiger partial charge is 0.456 e. The predicted molar refractivity (Wildman–Crippen MR) is 221 cm³/mol. The van der Waals surface area contributed by atoms with Crippen molar-refractivity contribution in [1.82, 2.24) is 19.5 Å². The quantitative estimate of drug-likeness (QED) is 0.180. The van der Waals surface area contributed by atoms with E-state index in [1.807, 2.05) is 60.7 Å². The van der Waals surface area contributed by atoms with Crippen molar-refractivity contribution in [3.63, 3.8) is 0 Å². The molecule has 0 fully saturated rings. The molecule has 11 rings (SSSR count). The molecule has 0 aliphatic rings. The zero-order chi connectivity index (χ0) is 35.6. The third-order valence-corrected chi connectivity index (χ3v) is 10.5. The summed E-state index contributed by atoms with van der Waals surface area (Å²) in [5, 5.41) is 6.81. The zero-order valence-corrected chi connectivity index (χ0v) is 29.0. The molecular weight excluding hydrogens is 661 g/mol. The molecule has 0 aliphatic carbocycles. The monoisotopic (exact) mass is 690 g/mol. The Kier molecular flexibility index (Phi) is 6.79. The minimum absolute atomic E-state index is 0.609. The minimum Gasteiger partial charge on any atom is -0.456 e. The van der Waals surface area contributed by atoms with Crippen molar-refractivity contribution in [3.8, 4) is 51.0 Å². The Morgan fingerprint density at radius 1 is 0.370 bits per heavy atom. The second kappa shape index (κ2) is 12.1. The van der Waals surface area contributed by atoms with Crippen LogP contribution in [-0.2, 0) is 0 Å². The van der Waals surface area contributed by atoms with E-state index in [0.717, 1.165) is 71.7 Å². The van der Waals surface area contributed by atoms with Crippen molar-refractivity contribution in [2.24, 2.45) is 0 Å². The van der Waals surface area contributed by atoms with Gasteiger partial charge in [0.2, 0.25) is 0 Å². The van der Waals surface area contributed by atoms with Crippen LogP contribution in [0.5, 0.6) is 0 Å². The molecule has 0 saturated heterocycles. The fraction of sp³-hybridized carbons (Fsp3) is 0. The number of rotatable bonds is 5. The summed E-state index contributed by atoms with van der Waals surface area (Å²) in [5.74, 6) is 1.86. The standard InChI is InChI=1S/C49H30N4O/c1-3-16-32(17-4-1)47-50-48(33-18-5-2-6-19-33)52-49(51-47)39-26-12-25-38-36-22-9-10-27-40(36)53(46(38)39)41-28-14-30-43-45(41)44-37(24-13-29-42(44)54-43)35-23-11-20-31-15-7-8-21-34(31)35/h1-30H. The Balaban J connectivity index is 1.25. The predicted octanol–water partition coefficient (Wildman–Crippen LogP) is 12.7. The molecule has 5 heteroatoms. The summed E-state index contributed by atoms with van der Waals surface area (Å²) >= 11 is 0. The molecule has 5 nitrogen and oxygen atoms in total. The van der Waals surface area contributed by atoms with E-state index in [-0.39, 0.29) is 0 Å². The first-order chi connectivity index (χ1) is 26.8. The van der Waals surface area contributed by atoms with Crippen LogP contribution in [0.3, 0.4) is 0 Å². The number of fused-ring (bicyclic) bond motifs is 7. The molecule has 0 atom stereocenters. The molecule has 0 aliphatic heterocycles. The summed E-state index contributed by atoms with van der Waals surface area (Å²) in [6, 6.07) is 63.2. The summed E-state index contributed by atoms with van der Waals surface area (Å²) in [6.07, 6.45) is 0. The van der Waals surface area contributed by atoms with E-state index in [4.69, 9.17) is 19.4 Å². The Bertz CT molecular complexity index is 3150. The molecule has 3 aromatic heterocycles. The van der Waals surface area contributed by atoms with Gasteiger partial charge in [0.25, 0.3) is 0 Å². The molecule has 54 heavy (non-hydrogen) atoms. The van der Waals surface area contributed by atoms with Gasteiger partial charge in [-0.25, -0.2) is 15.0 Å². The van der Waals surface area contributed by atoms with Crippen LogP contribution in [0.4, 0.5) is 0 Å². The molecular formula is C49H30N4O. The lowest BCUT2D eigenvalue weighted by molar-refractivity contribution is 0.669. The van der Waals surface area contributed by atoms with Gasteiger partial charge >= 0.3 is 0 Å². The lowest BCUT2D eigenvalue weighted by Crippen LogP contribution is -2.02. The third-order valence-electron chi connectivity index (χ3n) is 10.5. The van der Waals surface area contributed by atoms with Gasteiger partial charge in [-0.15, -0.1) is 0 Å². The second-order valence-corrected chi connectivity index (χ2v) is 13.6. The van der Waals surface area contributed by atoms with Gasteiger partial charge in [-0.05, 0) is 52.2 Å². The summed E-state index contributed by atoms with van der Waals surface area (Å²) in [4.78, 5) is 15.4. The molecule has 0 amide bonds. The Hall–Kier alpha value is -7.37. The topological polar surface area (TPSA) is 56.7 Å². The first kappa shape index (κ1) is 30.3. The zero-order valence-electron chi connectivity index (χ0n) is 29.0. The summed E-state index contributed by atoms with van der Waals surface area (Å²) in [7, 11) is 0. The fourth-order valence-corrected chi connectivity index (χ4v) is 8.10. The maximum absolute atomic E-state index is 6.69. The molecule has 0 radical (unpaired) electrons. The van der Waals surface area contributed by atoms with Gasteiger partial charge in [-0.3, -0.25) is 0 Å². The van der Waals surface area contributed by atoms with Crippen molar-refractivity contribution < 1.29 is 4.42 Å². The van der Waals surface area contributed by atoms with Gasteiger partial charge in [-0.1, -0.05) is 152 Å². The number of furan rings is 1. The molecule has 252 valence electrons. The average molecular weight is 691 g/mol. The van der Waals surface area contributed by atoms with Crippen molar-refractivity contribution >= 4 is 54.5 Å².